The number of benzene rings is 2. The van der Waals surface area contributed by atoms with Crippen LogP contribution in [0.1, 0.15) is 114 Å². The van der Waals surface area contributed by atoms with Gasteiger partial charge in [0.15, 0.2) is 0 Å². The summed E-state index contributed by atoms with van der Waals surface area (Å²) in [6.45, 7) is 3.38. The van der Waals surface area contributed by atoms with E-state index in [2.05, 4.69) is 72.9 Å². The van der Waals surface area contributed by atoms with Crippen LogP contribution >= 0.6 is 0 Å². The first kappa shape index (κ1) is 24.7. The van der Waals surface area contributed by atoms with Crippen LogP contribution in [0, 0.1) is 0 Å². The van der Waals surface area contributed by atoms with E-state index in [1.165, 1.54) is 101 Å². The van der Waals surface area contributed by atoms with Gasteiger partial charge in [0, 0.05) is 0 Å². The van der Waals surface area contributed by atoms with Crippen molar-refractivity contribution >= 4 is 0 Å². The molecule has 2 aromatic carbocycles. The van der Waals surface area contributed by atoms with E-state index >= 15 is 0 Å². The minimum Gasteiger partial charge on any atom is -0.306 e. The SMILES string of the molecule is CCCCCCCCCCCCCCCCNC(c1ccccc1)c1ccccc1. The lowest BCUT2D eigenvalue weighted by Gasteiger charge is -2.20. The van der Waals surface area contributed by atoms with Gasteiger partial charge in [0.05, 0.1) is 6.04 Å². The fraction of sp³-hybridized carbons (Fsp3) is 0.586. The fourth-order valence-corrected chi connectivity index (χ4v) is 4.29. The Morgan fingerprint density at radius 1 is 0.500 bits per heavy atom. The number of rotatable bonds is 18. The van der Waals surface area contributed by atoms with Crippen LogP contribution in [-0.2, 0) is 0 Å². The molecule has 1 heteroatoms. The molecule has 0 unspecified atom stereocenters. The maximum atomic E-state index is 3.80. The lowest BCUT2D eigenvalue weighted by Crippen LogP contribution is -2.23. The van der Waals surface area contributed by atoms with Crippen molar-refractivity contribution in [2.24, 2.45) is 0 Å². The van der Waals surface area contributed by atoms with E-state index in [-0.39, 0.29) is 0 Å². The van der Waals surface area contributed by atoms with Crippen molar-refractivity contribution < 1.29 is 0 Å². The first-order valence-corrected chi connectivity index (χ1v) is 12.7. The molecule has 0 radical (unpaired) electrons. The normalized spacial score (nSPS) is 11.3. The molecule has 166 valence electrons. The first-order chi connectivity index (χ1) is 14.9. The molecule has 0 saturated carbocycles. The molecule has 0 aliphatic carbocycles. The smallest absolute Gasteiger partial charge is 0.0576 e. The maximum absolute atomic E-state index is 3.80. The van der Waals surface area contributed by atoms with Gasteiger partial charge in [0.2, 0.25) is 0 Å². The molecule has 1 nitrogen and oxygen atoms in total. The summed E-state index contributed by atoms with van der Waals surface area (Å²) in [5.41, 5.74) is 2.71. The van der Waals surface area contributed by atoms with Crippen LogP contribution in [0.3, 0.4) is 0 Å². The monoisotopic (exact) mass is 407 g/mol. The predicted molar refractivity (Wildman–Crippen MR) is 133 cm³/mol. The quantitative estimate of drug-likeness (QED) is 0.243. The van der Waals surface area contributed by atoms with Crippen LogP contribution in [0.25, 0.3) is 0 Å². The van der Waals surface area contributed by atoms with Gasteiger partial charge in [-0.15, -0.1) is 0 Å². The zero-order valence-electron chi connectivity index (χ0n) is 19.5. The van der Waals surface area contributed by atoms with E-state index in [1.54, 1.807) is 0 Å². The lowest BCUT2D eigenvalue weighted by atomic mass is 9.98. The number of unbranched alkanes of at least 4 members (excludes halogenated alkanes) is 13. The zero-order valence-corrected chi connectivity index (χ0v) is 19.5. The van der Waals surface area contributed by atoms with Crippen molar-refractivity contribution in [3.63, 3.8) is 0 Å². The number of hydrogen-bond acceptors (Lipinski definition) is 1. The molecule has 0 bridgehead atoms. The van der Waals surface area contributed by atoms with Crippen LogP contribution in [0.5, 0.6) is 0 Å². The van der Waals surface area contributed by atoms with Crippen molar-refractivity contribution in [2.45, 2.75) is 103 Å². The third-order valence-electron chi connectivity index (χ3n) is 6.14. The van der Waals surface area contributed by atoms with Crippen LogP contribution < -0.4 is 5.32 Å². The summed E-state index contributed by atoms with van der Waals surface area (Å²) in [4.78, 5) is 0. The summed E-state index contributed by atoms with van der Waals surface area (Å²) in [5.74, 6) is 0. The van der Waals surface area contributed by atoms with Crippen LogP contribution in [0.4, 0.5) is 0 Å². The molecular weight excluding hydrogens is 362 g/mol. The second-order valence-electron chi connectivity index (χ2n) is 8.80. The maximum Gasteiger partial charge on any atom is 0.0576 e. The largest absolute Gasteiger partial charge is 0.306 e. The third kappa shape index (κ3) is 11.0. The molecule has 0 fully saturated rings. The van der Waals surface area contributed by atoms with Gasteiger partial charge in [-0.2, -0.15) is 0 Å². The van der Waals surface area contributed by atoms with Crippen molar-refractivity contribution in [1.29, 1.82) is 0 Å². The summed E-state index contributed by atoms with van der Waals surface area (Å²) in [7, 11) is 0. The highest BCUT2D eigenvalue weighted by atomic mass is 14.9. The average molecular weight is 408 g/mol. The molecule has 2 aromatic rings. The Bertz CT molecular complexity index is 567. The Labute approximate surface area is 186 Å². The van der Waals surface area contributed by atoms with Crippen molar-refractivity contribution in [1.82, 2.24) is 5.32 Å². The van der Waals surface area contributed by atoms with E-state index in [1.807, 2.05) is 0 Å². The standard InChI is InChI=1S/C29H45N/c1-2-3-4-5-6-7-8-9-10-11-12-13-14-21-26-30-29(27-22-17-15-18-23-27)28-24-19-16-20-25-28/h15-20,22-25,29-30H,2-14,21,26H2,1H3. The van der Waals surface area contributed by atoms with Gasteiger partial charge >= 0.3 is 0 Å². The molecule has 0 heterocycles. The molecule has 30 heavy (non-hydrogen) atoms. The molecule has 1 N–H and O–H groups in total. The minimum atomic E-state index is 0.300. The van der Waals surface area contributed by atoms with Crippen LogP contribution in [-0.4, -0.2) is 6.54 Å². The van der Waals surface area contributed by atoms with Crippen LogP contribution in [0.2, 0.25) is 0 Å². The van der Waals surface area contributed by atoms with Gasteiger partial charge in [-0.3, -0.25) is 0 Å². The van der Waals surface area contributed by atoms with Gasteiger partial charge < -0.3 is 5.32 Å². The zero-order chi connectivity index (χ0) is 21.1. The Balaban J connectivity index is 1.49. The summed E-state index contributed by atoms with van der Waals surface area (Å²) >= 11 is 0. The lowest BCUT2D eigenvalue weighted by molar-refractivity contribution is 0.521. The molecule has 0 aliphatic heterocycles. The Kier molecular flexibility index (Phi) is 14.1. The predicted octanol–water partition coefficient (Wildman–Crippen LogP) is 8.85. The van der Waals surface area contributed by atoms with Gasteiger partial charge in [0.1, 0.15) is 0 Å². The highest BCUT2D eigenvalue weighted by Crippen LogP contribution is 2.22. The molecule has 0 aliphatic rings. The van der Waals surface area contributed by atoms with E-state index in [0.717, 1.165) is 6.54 Å². The van der Waals surface area contributed by atoms with Crippen LogP contribution in [0.15, 0.2) is 60.7 Å². The van der Waals surface area contributed by atoms with Crippen molar-refractivity contribution in [2.75, 3.05) is 6.54 Å². The van der Waals surface area contributed by atoms with Crippen molar-refractivity contribution in [3.05, 3.63) is 71.8 Å². The highest BCUT2D eigenvalue weighted by molar-refractivity contribution is 5.31. The summed E-state index contributed by atoms with van der Waals surface area (Å²) in [6.07, 6.45) is 19.8. The molecule has 0 spiro atoms. The third-order valence-corrected chi connectivity index (χ3v) is 6.14. The Hall–Kier alpha value is -1.60. The summed E-state index contributed by atoms with van der Waals surface area (Å²) in [6, 6.07) is 22.0. The highest BCUT2D eigenvalue weighted by Gasteiger charge is 2.12. The molecule has 2 rings (SSSR count). The van der Waals surface area contributed by atoms with Gasteiger partial charge in [-0.1, -0.05) is 151 Å². The van der Waals surface area contributed by atoms with Gasteiger partial charge in [-0.05, 0) is 24.1 Å². The molecular formula is C29H45N. The minimum absolute atomic E-state index is 0.300. The molecule has 0 atom stereocenters. The second kappa shape index (κ2) is 17.1. The molecule has 0 saturated heterocycles. The van der Waals surface area contributed by atoms with E-state index < -0.39 is 0 Å². The number of hydrogen-bond donors (Lipinski definition) is 1. The number of nitrogens with one attached hydrogen (secondary N) is 1. The first-order valence-electron chi connectivity index (χ1n) is 12.7. The molecule has 0 amide bonds. The topological polar surface area (TPSA) is 12.0 Å². The van der Waals surface area contributed by atoms with Gasteiger partial charge in [0.25, 0.3) is 0 Å². The Morgan fingerprint density at radius 3 is 1.27 bits per heavy atom. The van der Waals surface area contributed by atoms with E-state index in [4.69, 9.17) is 0 Å². The summed E-state index contributed by atoms with van der Waals surface area (Å²) < 4.78 is 0. The van der Waals surface area contributed by atoms with Gasteiger partial charge in [-0.25, -0.2) is 0 Å². The van der Waals surface area contributed by atoms with E-state index in [9.17, 15) is 0 Å². The average Bonchev–Trinajstić information content (AvgIpc) is 2.80. The molecule has 0 aromatic heterocycles. The van der Waals surface area contributed by atoms with Crippen molar-refractivity contribution in [3.8, 4) is 0 Å². The Morgan fingerprint density at radius 2 is 0.867 bits per heavy atom. The fourth-order valence-electron chi connectivity index (χ4n) is 4.29. The van der Waals surface area contributed by atoms with E-state index in [0.29, 0.717) is 6.04 Å². The summed E-state index contributed by atoms with van der Waals surface area (Å²) in [5, 5.41) is 3.80. The second-order valence-corrected chi connectivity index (χ2v) is 8.80.